The molecular weight excluding hydrogens is 150 g/mol. The van der Waals surface area contributed by atoms with Gasteiger partial charge in [-0.05, 0) is 12.1 Å². The largest absolute Gasteiger partial charge is 0.624 e. The fourth-order valence-electron chi connectivity index (χ4n) is 0.990. The molecule has 12 heavy (non-hydrogen) atoms. The van der Waals surface area contributed by atoms with Crippen LogP contribution in [0.15, 0.2) is 30.3 Å². The molecule has 0 aliphatic carbocycles. The van der Waals surface area contributed by atoms with E-state index in [0.29, 0.717) is 6.54 Å². The summed E-state index contributed by atoms with van der Waals surface area (Å²) >= 11 is 0. The third-order valence-electron chi connectivity index (χ3n) is 1.54. The molecule has 1 aromatic rings. The van der Waals surface area contributed by atoms with Crippen LogP contribution in [0.4, 0.5) is 0 Å². The third kappa shape index (κ3) is 2.74. The molecule has 1 rings (SSSR count). The first-order valence-electron chi connectivity index (χ1n) is 4.16. The van der Waals surface area contributed by atoms with Crippen LogP contribution in [0.25, 0.3) is 0 Å². The second kappa shape index (κ2) is 4.54. The number of hydroxylamine groups is 1. The molecule has 0 amide bonds. The fraction of sp³-hybridized carbons (Fsp3) is 0.300. The Morgan fingerprint density at radius 2 is 2.00 bits per heavy atom. The smallest absolute Gasteiger partial charge is 0.181 e. The Balaban J connectivity index is 2.67. The van der Waals surface area contributed by atoms with Crippen LogP contribution in [0, 0.1) is 5.21 Å². The van der Waals surface area contributed by atoms with E-state index >= 15 is 0 Å². The molecule has 0 radical (unpaired) electrons. The molecule has 1 aromatic carbocycles. The maximum atomic E-state index is 11.1. The molecule has 0 saturated carbocycles. The standard InChI is InChI=1S/C10H13NO/c1-2-8-11(12)9-10-6-4-3-5-7-10/h3-7,9H,2,8H2,1H3/b11-9-. The van der Waals surface area contributed by atoms with Gasteiger partial charge < -0.3 is 5.21 Å². The fourth-order valence-corrected chi connectivity index (χ4v) is 0.990. The lowest BCUT2D eigenvalue weighted by molar-refractivity contribution is -0.452. The van der Waals surface area contributed by atoms with Crippen molar-refractivity contribution in [2.24, 2.45) is 0 Å². The van der Waals surface area contributed by atoms with Crippen molar-refractivity contribution < 1.29 is 4.74 Å². The van der Waals surface area contributed by atoms with Crippen LogP contribution in [0.2, 0.25) is 0 Å². The quantitative estimate of drug-likeness (QED) is 0.290. The van der Waals surface area contributed by atoms with Gasteiger partial charge in [-0.15, -0.1) is 0 Å². The van der Waals surface area contributed by atoms with Crippen molar-refractivity contribution in [3.63, 3.8) is 0 Å². The van der Waals surface area contributed by atoms with Crippen LogP contribution in [0.5, 0.6) is 0 Å². The summed E-state index contributed by atoms with van der Waals surface area (Å²) in [6.07, 6.45) is 2.50. The summed E-state index contributed by atoms with van der Waals surface area (Å²) in [5.74, 6) is 0. The zero-order valence-electron chi connectivity index (χ0n) is 7.23. The van der Waals surface area contributed by atoms with E-state index in [1.54, 1.807) is 6.21 Å². The van der Waals surface area contributed by atoms with Gasteiger partial charge in [0.25, 0.3) is 0 Å². The summed E-state index contributed by atoms with van der Waals surface area (Å²) in [4.78, 5) is 0. The molecule has 0 N–H and O–H groups in total. The first-order valence-corrected chi connectivity index (χ1v) is 4.16. The predicted octanol–water partition coefficient (Wildman–Crippen LogP) is 2.03. The van der Waals surface area contributed by atoms with Gasteiger partial charge in [0.05, 0.1) is 0 Å². The lowest BCUT2D eigenvalue weighted by atomic mass is 10.2. The van der Waals surface area contributed by atoms with E-state index in [2.05, 4.69) is 0 Å². The van der Waals surface area contributed by atoms with Gasteiger partial charge in [0.2, 0.25) is 0 Å². The first kappa shape index (κ1) is 8.78. The lowest BCUT2D eigenvalue weighted by Crippen LogP contribution is -2.06. The Morgan fingerprint density at radius 1 is 1.33 bits per heavy atom. The molecular formula is C10H13NO. The summed E-state index contributed by atoms with van der Waals surface area (Å²) in [6, 6.07) is 9.62. The number of rotatable bonds is 3. The summed E-state index contributed by atoms with van der Waals surface area (Å²) in [5.41, 5.74) is 0.959. The van der Waals surface area contributed by atoms with Gasteiger partial charge in [0.15, 0.2) is 12.8 Å². The number of hydrogen-bond acceptors (Lipinski definition) is 1. The van der Waals surface area contributed by atoms with Gasteiger partial charge in [0, 0.05) is 12.0 Å². The number of hydrogen-bond donors (Lipinski definition) is 0. The van der Waals surface area contributed by atoms with Crippen LogP contribution < -0.4 is 0 Å². The van der Waals surface area contributed by atoms with Crippen molar-refractivity contribution in [2.45, 2.75) is 13.3 Å². The van der Waals surface area contributed by atoms with E-state index in [0.717, 1.165) is 16.7 Å². The summed E-state index contributed by atoms with van der Waals surface area (Å²) < 4.78 is 0.968. The molecule has 2 heteroatoms. The van der Waals surface area contributed by atoms with Crippen LogP contribution in [0.3, 0.4) is 0 Å². The van der Waals surface area contributed by atoms with Gasteiger partial charge >= 0.3 is 0 Å². The predicted molar refractivity (Wildman–Crippen MR) is 50.4 cm³/mol. The van der Waals surface area contributed by atoms with E-state index < -0.39 is 0 Å². The van der Waals surface area contributed by atoms with Gasteiger partial charge in [-0.1, -0.05) is 25.1 Å². The zero-order valence-corrected chi connectivity index (χ0v) is 7.23. The normalized spacial score (nSPS) is 11.6. The molecule has 0 aliphatic rings. The van der Waals surface area contributed by atoms with Crippen molar-refractivity contribution in [3.8, 4) is 0 Å². The molecule has 0 spiro atoms. The van der Waals surface area contributed by atoms with Crippen LogP contribution in [0.1, 0.15) is 18.9 Å². The minimum Gasteiger partial charge on any atom is -0.624 e. The topological polar surface area (TPSA) is 26.1 Å². The second-order valence-electron chi connectivity index (χ2n) is 2.68. The molecule has 0 heterocycles. The highest BCUT2D eigenvalue weighted by Crippen LogP contribution is 1.93. The monoisotopic (exact) mass is 163 g/mol. The van der Waals surface area contributed by atoms with E-state index in [9.17, 15) is 5.21 Å². The van der Waals surface area contributed by atoms with E-state index in [4.69, 9.17) is 0 Å². The molecule has 0 bridgehead atoms. The Hall–Kier alpha value is -1.31. The van der Waals surface area contributed by atoms with Crippen LogP contribution >= 0.6 is 0 Å². The van der Waals surface area contributed by atoms with Crippen LogP contribution in [-0.2, 0) is 0 Å². The van der Waals surface area contributed by atoms with E-state index in [-0.39, 0.29) is 0 Å². The van der Waals surface area contributed by atoms with Crippen LogP contribution in [-0.4, -0.2) is 17.5 Å². The number of benzene rings is 1. The SMILES string of the molecule is CCC/[N+]([O-])=C/c1ccccc1. The maximum Gasteiger partial charge on any atom is 0.181 e. The molecule has 0 aliphatic heterocycles. The van der Waals surface area contributed by atoms with Crippen molar-refractivity contribution in [3.05, 3.63) is 41.1 Å². The first-order chi connectivity index (χ1) is 5.83. The maximum absolute atomic E-state index is 11.1. The minimum atomic E-state index is 0.564. The molecule has 0 saturated heterocycles. The highest BCUT2D eigenvalue weighted by atomic mass is 16.5. The number of nitrogens with zero attached hydrogens (tertiary/aromatic N) is 1. The molecule has 0 unspecified atom stereocenters. The van der Waals surface area contributed by atoms with Crippen molar-refractivity contribution in [1.29, 1.82) is 0 Å². The Labute approximate surface area is 72.7 Å². The summed E-state index contributed by atoms with van der Waals surface area (Å²) in [5, 5.41) is 11.1. The zero-order chi connectivity index (χ0) is 8.81. The second-order valence-corrected chi connectivity index (χ2v) is 2.68. The van der Waals surface area contributed by atoms with Crippen molar-refractivity contribution >= 4 is 6.21 Å². The average Bonchev–Trinajstić information content (AvgIpc) is 2.06. The summed E-state index contributed by atoms with van der Waals surface area (Å²) in [6.45, 7) is 2.55. The van der Waals surface area contributed by atoms with Gasteiger partial charge in [-0.2, -0.15) is 0 Å². The molecule has 2 nitrogen and oxygen atoms in total. The molecule has 0 fully saturated rings. The Bertz CT molecular complexity index is 254. The Kier molecular flexibility index (Phi) is 3.33. The van der Waals surface area contributed by atoms with Crippen molar-refractivity contribution in [2.75, 3.05) is 6.54 Å². The third-order valence-corrected chi connectivity index (χ3v) is 1.54. The Morgan fingerprint density at radius 3 is 2.58 bits per heavy atom. The van der Waals surface area contributed by atoms with Gasteiger partial charge in [0.1, 0.15) is 0 Å². The molecule has 64 valence electrons. The van der Waals surface area contributed by atoms with E-state index in [1.807, 2.05) is 37.3 Å². The van der Waals surface area contributed by atoms with Crippen molar-refractivity contribution in [1.82, 2.24) is 0 Å². The molecule has 0 atom stereocenters. The van der Waals surface area contributed by atoms with Gasteiger partial charge in [-0.25, -0.2) is 4.74 Å². The highest BCUT2D eigenvalue weighted by molar-refractivity contribution is 5.75. The van der Waals surface area contributed by atoms with Gasteiger partial charge in [-0.3, -0.25) is 0 Å². The van der Waals surface area contributed by atoms with E-state index in [1.165, 1.54) is 0 Å². The molecule has 0 aromatic heterocycles. The minimum absolute atomic E-state index is 0.564. The lowest BCUT2D eigenvalue weighted by Gasteiger charge is -2.00. The average molecular weight is 163 g/mol. The highest BCUT2D eigenvalue weighted by Gasteiger charge is 1.91. The summed E-state index contributed by atoms with van der Waals surface area (Å²) in [7, 11) is 0.